The lowest BCUT2D eigenvalue weighted by Crippen LogP contribution is -2.17. The molecule has 4 aromatic rings. The number of pyridine rings is 1. The Bertz CT molecular complexity index is 1080. The molecule has 0 saturated carbocycles. The predicted molar refractivity (Wildman–Crippen MR) is 103 cm³/mol. The second kappa shape index (κ2) is 7.07. The van der Waals surface area contributed by atoms with Gasteiger partial charge in [-0.2, -0.15) is 9.78 Å². The lowest BCUT2D eigenvalue weighted by atomic mass is 10.0. The molecule has 0 unspecified atom stereocenters. The Morgan fingerprint density at radius 1 is 0.769 bits per heavy atom. The maximum absolute atomic E-state index is 12.8. The summed E-state index contributed by atoms with van der Waals surface area (Å²) in [5.74, 6) is 0.586. The normalized spacial score (nSPS) is 11.1. The van der Waals surface area contributed by atoms with Gasteiger partial charge in [-0.25, -0.2) is 0 Å². The molecule has 0 amide bonds. The minimum atomic E-state index is -0.201. The van der Waals surface area contributed by atoms with Crippen LogP contribution in [0.1, 0.15) is 5.76 Å². The third kappa shape index (κ3) is 3.26. The van der Waals surface area contributed by atoms with Crippen molar-refractivity contribution in [2.45, 2.75) is 0 Å². The van der Waals surface area contributed by atoms with Gasteiger partial charge >= 0.3 is 0 Å². The van der Waals surface area contributed by atoms with Crippen LogP contribution in [0, 0.1) is 0 Å². The molecule has 2 aromatic carbocycles. The fourth-order valence-electron chi connectivity index (χ4n) is 2.77. The molecule has 0 N–H and O–H groups in total. The summed E-state index contributed by atoms with van der Waals surface area (Å²) in [5, 5.41) is 4.34. The van der Waals surface area contributed by atoms with Crippen LogP contribution in [0.5, 0.6) is 0 Å². The number of rotatable bonds is 4. The van der Waals surface area contributed by atoms with E-state index in [-0.39, 0.29) is 5.56 Å². The minimum Gasteiger partial charge on any atom is -0.463 e. The highest BCUT2D eigenvalue weighted by Crippen LogP contribution is 2.24. The lowest BCUT2D eigenvalue weighted by molar-refractivity contribution is 0.559. The van der Waals surface area contributed by atoms with Gasteiger partial charge in [0.1, 0.15) is 5.76 Å². The van der Waals surface area contributed by atoms with Crippen molar-refractivity contribution in [2.75, 3.05) is 0 Å². The quantitative estimate of drug-likeness (QED) is 0.507. The summed E-state index contributed by atoms with van der Waals surface area (Å²) in [6.45, 7) is 0. The second-order valence-corrected chi connectivity index (χ2v) is 5.77. The molecule has 0 fully saturated rings. The first-order valence-corrected chi connectivity index (χ1v) is 8.27. The van der Waals surface area contributed by atoms with E-state index in [1.807, 2.05) is 66.7 Å². The summed E-state index contributed by atoms with van der Waals surface area (Å²) < 4.78 is 6.66. The van der Waals surface area contributed by atoms with Gasteiger partial charge < -0.3 is 4.42 Å². The smallest absolute Gasteiger partial charge is 0.272 e. The zero-order valence-electron chi connectivity index (χ0n) is 13.9. The first-order valence-electron chi connectivity index (χ1n) is 8.27. The van der Waals surface area contributed by atoms with Crippen LogP contribution >= 0.6 is 0 Å². The van der Waals surface area contributed by atoms with Crippen LogP contribution in [0.3, 0.4) is 0 Å². The van der Waals surface area contributed by atoms with Crippen LogP contribution in [-0.2, 0) is 0 Å². The molecule has 0 atom stereocenters. The largest absolute Gasteiger partial charge is 0.463 e. The van der Waals surface area contributed by atoms with E-state index in [1.54, 1.807) is 24.5 Å². The summed E-state index contributed by atoms with van der Waals surface area (Å²) in [4.78, 5) is 12.8. The molecule has 2 heterocycles. The summed E-state index contributed by atoms with van der Waals surface area (Å²) in [5.41, 5.74) is 3.29. The van der Waals surface area contributed by atoms with E-state index in [9.17, 15) is 4.79 Å². The summed E-state index contributed by atoms with van der Waals surface area (Å²) in [7, 11) is 0. The van der Waals surface area contributed by atoms with Crippen LogP contribution < -0.4 is 5.56 Å². The monoisotopic (exact) mass is 340 g/mol. The number of benzene rings is 2. The van der Waals surface area contributed by atoms with Gasteiger partial charge in [0.05, 0.1) is 18.2 Å². The number of hydrogen-bond acceptors (Lipinski definition) is 3. The van der Waals surface area contributed by atoms with E-state index in [0.717, 1.165) is 22.4 Å². The van der Waals surface area contributed by atoms with Crippen LogP contribution in [0.2, 0.25) is 0 Å². The Hall–Kier alpha value is -3.66. The Balaban J connectivity index is 1.89. The van der Waals surface area contributed by atoms with Gasteiger partial charge in [-0.1, -0.05) is 60.7 Å². The molecule has 126 valence electrons. The van der Waals surface area contributed by atoms with Crippen molar-refractivity contribution in [3.05, 3.63) is 107 Å². The van der Waals surface area contributed by atoms with Crippen LogP contribution in [0.4, 0.5) is 0 Å². The van der Waals surface area contributed by atoms with Gasteiger partial charge in [0, 0.05) is 11.6 Å². The summed E-state index contributed by atoms with van der Waals surface area (Å²) in [6.07, 6.45) is 3.11. The molecule has 0 saturated heterocycles. The third-order valence-electron chi connectivity index (χ3n) is 4.03. The molecule has 2 aromatic heterocycles. The topological polar surface area (TPSA) is 47.5 Å². The van der Waals surface area contributed by atoms with E-state index < -0.39 is 0 Å². The highest BCUT2D eigenvalue weighted by molar-refractivity contribution is 5.76. The molecule has 0 aliphatic carbocycles. The molecule has 4 heteroatoms. The number of nitrogens with zero attached hydrogens (tertiary/aromatic N) is 2. The van der Waals surface area contributed by atoms with E-state index in [2.05, 4.69) is 5.10 Å². The van der Waals surface area contributed by atoms with Crippen LogP contribution in [0.25, 0.3) is 22.4 Å². The molecule has 0 aliphatic rings. The molecule has 4 rings (SSSR count). The Morgan fingerprint density at radius 3 is 2.12 bits per heavy atom. The van der Waals surface area contributed by atoms with Gasteiger partial charge in [0.25, 0.3) is 5.56 Å². The SMILES string of the molecule is O=c1cc(-c2ccccc2)cc(-c2ccccc2)n1/N=C/c1ccco1. The fraction of sp³-hybridized carbons (Fsp3) is 0. The van der Waals surface area contributed by atoms with E-state index >= 15 is 0 Å². The van der Waals surface area contributed by atoms with Gasteiger partial charge in [0.2, 0.25) is 0 Å². The van der Waals surface area contributed by atoms with Crippen molar-refractivity contribution >= 4 is 6.21 Å². The second-order valence-electron chi connectivity index (χ2n) is 5.77. The Kier molecular flexibility index (Phi) is 4.31. The predicted octanol–water partition coefficient (Wildman–Crippen LogP) is 4.66. The van der Waals surface area contributed by atoms with Gasteiger partial charge in [-0.05, 0) is 29.3 Å². The maximum atomic E-state index is 12.8. The highest BCUT2D eigenvalue weighted by Gasteiger charge is 2.10. The number of furan rings is 1. The van der Waals surface area contributed by atoms with Crippen LogP contribution in [0.15, 0.2) is 106 Å². The van der Waals surface area contributed by atoms with E-state index in [0.29, 0.717) is 5.76 Å². The maximum Gasteiger partial charge on any atom is 0.272 e. The molecule has 0 spiro atoms. The Labute approximate surface area is 150 Å². The Morgan fingerprint density at radius 2 is 1.46 bits per heavy atom. The van der Waals surface area contributed by atoms with Crippen molar-refractivity contribution in [3.8, 4) is 22.4 Å². The minimum absolute atomic E-state index is 0.201. The third-order valence-corrected chi connectivity index (χ3v) is 4.03. The lowest BCUT2D eigenvalue weighted by Gasteiger charge is -2.11. The van der Waals surface area contributed by atoms with Gasteiger partial charge in [0.15, 0.2) is 0 Å². The zero-order chi connectivity index (χ0) is 17.8. The number of hydrogen-bond donors (Lipinski definition) is 0. The highest BCUT2D eigenvalue weighted by atomic mass is 16.3. The first kappa shape index (κ1) is 15.8. The molecule has 4 nitrogen and oxygen atoms in total. The zero-order valence-corrected chi connectivity index (χ0v) is 13.9. The molecular formula is C22H16N2O2. The molecule has 0 aliphatic heterocycles. The molecular weight excluding hydrogens is 324 g/mol. The summed E-state index contributed by atoms with van der Waals surface area (Å²) >= 11 is 0. The molecule has 26 heavy (non-hydrogen) atoms. The van der Waals surface area contributed by atoms with Crippen molar-refractivity contribution in [3.63, 3.8) is 0 Å². The van der Waals surface area contributed by atoms with Gasteiger partial charge in [-0.3, -0.25) is 4.79 Å². The average Bonchev–Trinajstić information content (AvgIpc) is 3.21. The first-order chi connectivity index (χ1) is 12.8. The van der Waals surface area contributed by atoms with Crippen molar-refractivity contribution in [1.29, 1.82) is 0 Å². The van der Waals surface area contributed by atoms with Crippen molar-refractivity contribution in [2.24, 2.45) is 5.10 Å². The standard InChI is InChI=1S/C22H16N2O2/c25-22-15-19(17-8-3-1-4-9-17)14-21(18-10-5-2-6-11-18)24(22)23-16-20-12-7-13-26-20/h1-16H/b23-16+. The fourth-order valence-corrected chi connectivity index (χ4v) is 2.77. The molecule has 0 bridgehead atoms. The van der Waals surface area contributed by atoms with Crippen molar-refractivity contribution < 1.29 is 4.42 Å². The number of aromatic nitrogens is 1. The van der Waals surface area contributed by atoms with Crippen LogP contribution in [-0.4, -0.2) is 10.9 Å². The van der Waals surface area contributed by atoms with Gasteiger partial charge in [-0.15, -0.1) is 0 Å². The van der Waals surface area contributed by atoms with Crippen molar-refractivity contribution in [1.82, 2.24) is 4.68 Å². The average molecular weight is 340 g/mol. The van der Waals surface area contributed by atoms with E-state index in [1.165, 1.54) is 10.9 Å². The van der Waals surface area contributed by atoms with E-state index in [4.69, 9.17) is 4.42 Å². The summed E-state index contributed by atoms with van der Waals surface area (Å²) in [6, 6.07) is 26.7. The molecule has 0 radical (unpaired) electrons.